The number of phenolic OH excluding ortho intramolecular Hbond substituents is 2. The van der Waals surface area contributed by atoms with E-state index in [9.17, 15) is 10.2 Å². The molecule has 4 aliphatic carbocycles. The zero-order valence-electron chi connectivity index (χ0n) is 18.2. The lowest BCUT2D eigenvalue weighted by molar-refractivity contribution is -0.0417. The molecule has 4 aromatic rings. The van der Waals surface area contributed by atoms with E-state index in [0.717, 1.165) is 22.6 Å². The minimum Gasteiger partial charge on any atom is -0.508 e. The number of benzene rings is 4. The molecular weight excluding hydrogens is 392 g/mol. The highest BCUT2D eigenvalue weighted by molar-refractivity contribution is 5.86. The number of phenols is 2. The Morgan fingerprint density at radius 3 is 1.38 bits per heavy atom. The molecule has 0 radical (unpaired) electrons. The Balaban J connectivity index is 1.48. The second-order valence-corrected chi connectivity index (χ2v) is 10.7. The topological polar surface area (TPSA) is 40.5 Å². The van der Waals surface area contributed by atoms with Gasteiger partial charge < -0.3 is 10.2 Å². The van der Waals surface area contributed by atoms with Gasteiger partial charge in [-0.2, -0.15) is 0 Å². The molecule has 0 spiro atoms. The summed E-state index contributed by atoms with van der Waals surface area (Å²) in [4.78, 5) is 0. The molecule has 32 heavy (non-hydrogen) atoms. The summed E-state index contributed by atoms with van der Waals surface area (Å²) in [7, 11) is 0. The third kappa shape index (κ3) is 2.53. The first-order valence-electron chi connectivity index (χ1n) is 12.1. The van der Waals surface area contributed by atoms with Gasteiger partial charge in [0, 0.05) is 5.41 Å². The molecule has 4 aromatic carbocycles. The van der Waals surface area contributed by atoms with Crippen LogP contribution in [0.4, 0.5) is 0 Å². The van der Waals surface area contributed by atoms with Gasteiger partial charge >= 0.3 is 0 Å². The quantitative estimate of drug-likeness (QED) is 0.362. The molecule has 2 N–H and O–H groups in total. The van der Waals surface area contributed by atoms with Gasteiger partial charge in [-0.1, -0.05) is 48.5 Å². The summed E-state index contributed by atoms with van der Waals surface area (Å²) in [6.07, 6.45) is 6.81. The van der Waals surface area contributed by atoms with Gasteiger partial charge in [0.1, 0.15) is 11.5 Å². The van der Waals surface area contributed by atoms with E-state index in [2.05, 4.69) is 48.5 Å². The predicted molar refractivity (Wildman–Crippen MR) is 129 cm³/mol. The van der Waals surface area contributed by atoms with Gasteiger partial charge in [0.05, 0.1) is 0 Å². The Bertz CT molecular complexity index is 1250. The number of hydrogen-bond acceptors (Lipinski definition) is 2. The highest BCUT2D eigenvalue weighted by Gasteiger charge is 2.58. The molecule has 0 aromatic heterocycles. The SMILES string of the molecule is Oc1ccc2cc(C3(c4ccc5cc(O)ccc5c4)C4CC5CC(C4)CC3C5)ccc2c1. The highest BCUT2D eigenvalue weighted by atomic mass is 16.3. The smallest absolute Gasteiger partial charge is 0.116 e. The molecule has 8 rings (SSSR count). The van der Waals surface area contributed by atoms with Crippen LogP contribution in [-0.2, 0) is 5.41 Å². The summed E-state index contributed by atoms with van der Waals surface area (Å²) >= 11 is 0. The van der Waals surface area contributed by atoms with Crippen LogP contribution in [0.1, 0.15) is 43.2 Å². The molecule has 0 unspecified atom stereocenters. The fourth-order valence-electron chi connectivity index (χ4n) is 8.02. The van der Waals surface area contributed by atoms with Crippen LogP contribution in [0.15, 0.2) is 72.8 Å². The molecule has 4 saturated carbocycles. The van der Waals surface area contributed by atoms with Crippen molar-refractivity contribution in [3.63, 3.8) is 0 Å². The van der Waals surface area contributed by atoms with Crippen molar-refractivity contribution in [3.05, 3.63) is 83.9 Å². The van der Waals surface area contributed by atoms with E-state index in [1.54, 1.807) is 12.1 Å². The van der Waals surface area contributed by atoms with Gasteiger partial charge in [0.25, 0.3) is 0 Å². The first-order chi connectivity index (χ1) is 15.6. The van der Waals surface area contributed by atoms with Gasteiger partial charge in [-0.15, -0.1) is 0 Å². The number of rotatable bonds is 2. The van der Waals surface area contributed by atoms with Crippen LogP contribution in [0.3, 0.4) is 0 Å². The van der Waals surface area contributed by atoms with Gasteiger partial charge in [-0.3, -0.25) is 0 Å². The van der Waals surface area contributed by atoms with Crippen molar-refractivity contribution in [2.75, 3.05) is 0 Å². The molecule has 0 saturated heterocycles. The van der Waals surface area contributed by atoms with Crippen molar-refractivity contribution >= 4 is 21.5 Å². The van der Waals surface area contributed by atoms with Crippen molar-refractivity contribution in [1.82, 2.24) is 0 Å². The lowest BCUT2D eigenvalue weighted by Crippen LogP contribution is -2.56. The van der Waals surface area contributed by atoms with E-state index in [0.29, 0.717) is 23.3 Å². The molecule has 0 atom stereocenters. The summed E-state index contributed by atoms with van der Waals surface area (Å²) in [6, 6.07) is 25.3. The van der Waals surface area contributed by atoms with E-state index >= 15 is 0 Å². The van der Waals surface area contributed by atoms with Crippen LogP contribution >= 0.6 is 0 Å². The minimum absolute atomic E-state index is 0.0472. The average molecular weight is 421 g/mol. The third-order valence-corrected chi connectivity index (χ3v) is 9.03. The van der Waals surface area contributed by atoms with Crippen LogP contribution in [0, 0.1) is 23.7 Å². The summed E-state index contributed by atoms with van der Waals surface area (Å²) in [5.41, 5.74) is 2.94. The third-order valence-electron chi connectivity index (χ3n) is 9.03. The molecule has 4 aliphatic rings. The number of aromatic hydroxyl groups is 2. The second kappa shape index (κ2) is 6.51. The van der Waals surface area contributed by atoms with Gasteiger partial charge in [0.15, 0.2) is 0 Å². The molecule has 2 heteroatoms. The van der Waals surface area contributed by atoms with E-state index < -0.39 is 0 Å². The fourth-order valence-corrected chi connectivity index (χ4v) is 8.02. The monoisotopic (exact) mass is 420 g/mol. The van der Waals surface area contributed by atoms with Crippen molar-refractivity contribution in [3.8, 4) is 11.5 Å². The zero-order chi connectivity index (χ0) is 21.4. The Kier molecular flexibility index (Phi) is 3.78. The Labute approximate surface area is 188 Å². The normalized spacial score (nSPS) is 27.9. The molecule has 4 bridgehead atoms. The maximum Gasteiger partial charge on any atom is 0.116 e. The molecule has 4 fully saturated rings. The largest absolute Gasteiger partial charge is 0.508 e. The first kappa shape index (κ1) is 18.6. The predicted octanol–water partition coefficient (Wildman–Crippen LogP) is 7.15. The van der Waals surface area contributed by atoms with Crippen LogP contribution < -0.4 is 0 Å². The van der Waals surface area contributed by atoms with Crippen LogP contribution in [0.5, 0.6) is 11.5 Å². The molecule has 160 valence electrons. The fraction of sp³-hybridized carbons (Fsp3) is 0.333. The first-order valence-corrected chi connectivity index (χ1v) is 12.1. The van der Waals surface area contributed by atoms with Gasteiger partial charge in [0.2, 0.25) is 0 Å². The summed E-state index contributed by atoms with van der Waals surface area (Å²) in [5, 5.41) is 24.5. The highest BCUT2D eigenvalue weighted by Crippen LogP contribution is 2.65. The lowest BCUT2D eigenvalue weighted by atomic mass is 9.42. The summed E-state index contributed by atoms with van der Waals surface area (Å²) in [6.45, 7) is 0. The minimum atomic E-state index is 0.0472. The van der Waals surface area contributed by atoms with Crippen molar-refractivity contribution in [2.45, 2.75) is 37.5 Å². The van der Waals surface area contributed by atoms with Gasteiger partial charge in [-0.25, -0.2) is 0 Å². The molecule has 0 heterocycles. The van der Waals surface area contributed by atoms with Crippen LogP contribution in [0.25, 0.3) is 21.5 Å². The summed E-state index contributed by atoms with van der Waals surface area (Å²) < 4.78 is 0. The second-order valence-electron chi connectivity index (χ2n) is 10.7. The Morgan fingerprint density at radius 1 is 0.500 bits per heavy atom. The van der Waals surface area contributed by atoms with Crippen LogP contribution in [-0.4, -0.2) is 10.2 Å². The Hall–Kier alpha value is -3.00. The summed E-state index contributed by atoms with van der Waals surface area (Å²) in [5.74, 6) is 3.83. The van der Waals surface area contributed by atoms with E-state index in [1.165, 1.54) is 54.0 Å². The molecule has 0 aliphatic heterocycles. The maximum atomic E-state index is 9.94. The van der Waals surface area contributed by atoms with E-state index in [-0.39, 0.29) is 5.41 Å². The van der Waals surface area contributed by atoms with E-state index in [4.69, 9.17) is 0 Å². The number of hydrogen-bond donors (Lipinski definition) is 2. The van der Waals surface area contributed by atoms with Crippen molar-refractivity contribution < 1.29 is 10.2 Å². The van der Waals surface area contributed by atoms with E-state index in [1.807, 2.05) is 12.1 Å². The Morgan fingerprint density at radius 2 is 0.906 bits per heavy atom. The lowest BCUT2D eigenvalue weighted by Gasteiger charge is -2.62. The molecule has 2 nitrogen and oxygen atoms in total. The van der Waals surface area contributed by atoms with Gasteiger partial charge in [-0.05, 0) is 113 Å². The average Bonchev–Trinajstić information content (AvgIpc) is 2.78. The standard InChI is InChI=1S/C30H28O2/c31-28-7-3-20-14-24(5-1-22(20)16-28)30(26-10-18-9-19(12-26)13-27(30)11-18)25-6-2-23-17-29(32)8-4-21(23)15-25/h1-8,14-19,26-27,31-32H,9-13H2. The molecular formula is C30H28O2. The van der Waals surface area contributed by atoms with Crippen molar-refractivity contribution in [1.29, 1.82) is 0 Å². The van der Waals surface area contributed by atoms with Crippen LogP contribution in [0.2, 0.25) is 0 Å². The number of fused-ring (bicyclic) bond motifs is 2. The maximum absolute atomic E-state index is 9.94. The zero-order valence-corrected chi connectivity index (χ0v) is 18.2. The molecule has 0 amide bonds. The van der Waals surface area contributed by atoms with Crippen molar-refractivity contribution in [2.24, 2.45) is 23.7 Å².